The summed E-state index contributed by atoms with van der Waals surface area (Å²) in [6.45, 7) is 6.93. The lowest BCUT2D eigenvalue weighted by Crippen LogP contribution is -2.34. The molecule has 0 bridgehead atoms. The molecule has 0 amide bonds. The number of hydrogen-bond donors (Lipinski definition) is 1. The molecule has 0 aliphatic carbocycles. The van der Waals surface area contributed by atoms with Crippen LogP contribution in [0, 0.1) is 11.8 Å². The van der Waals surface area contributed by atoms with Crippen molar-refractivity contribution in [2.45, 2.75) is 39.7 Å². The van der Waals surface area contributed by atoms with Gasteiger partial charge in [0.15, 0.2) is 5.78 Å². The zero-order valence-corrected chi connectivity index (χ0v) is 12.4. The Balaban J connectivity index is 2.01. The molecular weight excluding hydrogens is 262 g/mol. The lowest BCUT2D eigenvalue weighted by molar-refractivity contribution is 0.0932. The lowest BCUT2D eigenvalue weighted by atomic mass is 9.84. The maximum absolute atomic E-state index is 12.4. The van der Waals surface area contributed by atoms with Crippen molar-refractivity contribution in [3.63, 3.8) is 0 Å². The fourth-order valence-corrected chi connectivity index (χ4v) is 3.05. The third-order valence-electron chi connectivity index (χ3n) is 4.01. The molecule has 1 N–H and O–H groups in total. The first kappa shape index (κ1) is 14.5. The van der Waals surface area contributed by atoms with Crippen LogP contribution in [0.4, 0.5) is 0 Å². The second-order valence-corrected chi connectivity index (χ2v) is 5.78. The molecule has 0 radical (unpaired) electrons. The van der Waals surface area contributed by atoms with E-state index in [1.165, 1.54) is 12.8 Å². The minimum absolute atomic E-state index is 0.113. The van der Waals surface area contributed by atoms with Crippen LogP contribution in [0.5, 0.6) is 0 Å². The molecule has 1 saturated heterocycles. The van der Waals surface area contributed by atoms with Crippen molar-refractivity contribution < 1.29 is 4.79 Å². The summed E-state index contributed by atoms with van der Waals surface area (Å²) < 4.78 is 1.69. The van der Waals surface area contributed by atoms with Gasteiger partial charge in [0.25, 0.3) is 0 Å². The van der Waals surface area contributed by atoms with Crippen molar-refractivity contribution in [2.75, 3.05) is 13.1 Å². The predicted molar refractivity (Wildman–Crippen MR) is 76.6 cm³/mol. The number of hydrogen-bond acceptors (Lipinski definition) is 3. The van der Waals surface area contributed by atoms with Crippen LogP contribution in [0.2, 0.25) is 5.02 Å². The summed E-state index contributed by atoms with van der Waals surface area (Å²) in [5.41, 5.74) is 0.569. The fraction of sp³-hybridized carbons (Fsp3) is 0.714. The van der Waals surface area contributed by atoms with Crippen molar-refractivity contribution in [2.24, 2.45) is 11.8 Å². The Morgan fingerprint density at radius 2 is 2.47 bits per heavy atom. The van der Waals surface area contributed by atoms with Gasteiger partial charge in [0.05, 0.1) is 11.2 Å². The highest BCUT2D eigenvalue weighted by Crippen LogP contribution is 2.26. The molecule has 4 nitrogen and oxygen atoms in total. The maximum atomic E-state index is 12.4. The van der Waals surface area contributed by atoms with Crippen LogP contribution in [-0.2, 0) is 6.54 Å². The van der Waals surface area contributed by atoms with Crippen LogP contribution in [0.3, 0.4) is 0 Å². The number of halogens is 1. The number of ketones is 1. The molecule has 2 unspecified atom stereocenters. The van der Waals surface area contributed by atoms with Gasteiger partial charge in [-0.3, -0.25) is 9.48 Å². The summed E-state index contributed by atoms with van der Waals surface area (Å²) in [5, 5.41) is 8.00. The molecule has 5 heteroatoms. The summed E-state index contributed by atoms with van der Waals surface area (Å²) in [4.78, 5) is 12.4. The molecule has 1 aliphatic heterocycles. The summed E-state index contributed by atoms with van der Waals surface area (Å²) >= 11 is 6.07. The second-order valence-electron chi connectivity index (χ2n) is 5.37. The first-order valence-electron chi connectivity index (χ1n) is 7.08. The Labute approximate surface area is 119 Å². The number of nitrogens with zero attached hydrogens (tertiary/aromatic N) is 2. The van der Waals surface area contributed by atoms with Gasteiger partial charge in [0.1, 0.15) is 5.69 Å². The number of Topliss-reactive ketones (excluding diaryl/α,β-unsaturated/α-hetero) is 1. The number of piperidine rings is 1. The maximum Gasteiger partial charge on any atom is 0.182 e. The van der Waals surface area contributed by atoms with Crippen molar-refractivity contribution in [3.05, 3.63) is 16.9 Å². The molecule has 2 atom stereocenters. The van der Waals surface area contributed by atoms with Crippen LogP contribution < -0.4 is 5.32 Å². The molecule has 19 heavy (non-hydrogen) atoms. The van der Waals surface area contributed by atoms with E-state index in [4.69, 9.17) is 11.6 Å². The number of aryl methyl sites for hydroxylation is 1. The second kappa shape index (κ2) is 6.53. The third-order valence-corrected chi connectivity index (χ3v) is 4.28. The fourth-order valence-electron chi connectivity index (χ4n) is 2.80. The summed E-state index contributed by atoms with van der Waals surface area (Å²) in [5.74, 6) is 1.09. The van der Waals surface area contributed by atoms with Gasteiger partial charge in [0.2, 0.25) is 0 Å². The Kier molecular flexibility index (Phi) is 4.99. The predicted octanol–water partition coefficient (Wildman–Crippen LogP) is 2.76. The van der Waals surface area contributed by atoms with E-state index in [2.05, 4.69) is 17.3 Å². The van der Waals surface area contributed by atoms with Gasteiger partial charge in [-0.25, -0.2) is 0 Å². The molecule has 2 rings (SSSR count). The smallest absolute Gasteiger partial charge is 0.182 e. The van der Waals surface area contributed by atoms with Crippen LogP contribution in [-0.4, -0.2) is 28.7 Å². The lowest BCUT2D eigenvalue weighted by Gasteiger charge is -2.28. The average molecular weight is 284 g/mol. The van der Waals surface area contributed by atoms with E-state index in [1.807, 2.05) is 6.92 Å². The van der Waals surface area contributed by atoms with Crippen molar-refractivity contribution in [3.8, 4) is 0 Å². The van der Waals surface area contributed by atoms with E-state index in [1.54, 1.807) is 10.9 Å². The minimum Gasteiger partial charge on any atom is -0.316 e. The normalized spacial score (nSPS) is 21.3. The zero-order chi connectivity index (χ0) is 13.8. The average Bonchev–Trinajstić information content (AvgIpc) is 2.80. The van der Waals surface area contributed by atoms with Crippen LogP contribution in [0.15, 0.2) is 6.20 Å². The van der Waals surface area contributed by atoms with Crippen molar-refractivity contribution in [1.29, 1.82) is 0 Å². The Morgan fingerprint density at radius 3 is 3.11 bits per heavy atom. The van der Waals surface area contributed by atoms with E-state index >= 15 is 0 Å². The Bertz CT molecular complexity index is 438. The van der Waals surface area contributed by atoms with E-state index in [0.29, 0.717) is 35.5 Å². The number of aromatic nitrogens is 2. The molecule has 1 aromatic rings. The topological polar surface area (TPSA) is 46.9 Å². The van der Waals surface area contributed by atoms with Gasteiger partial charge in [0, 0.05) is 13.0 Å². The van der Waals surface area contributed by atoms with Gasteiger partial charge in [-0.15, -0.1) is 0 Å². The highest BCUT2D eigenvalue weighted by atomic mass is 35.5. The largest absolute Gasteiger partial charge is 0.316 e. The minimum atomic E-state index is 0.113. The third kappa shape index (κ3) is 3.37. The molecule has 1 aromatic heterocycles. The van der Waals surface area contributed by atoms with Gasteiger partial charge < -0.3 is 5.32 Å². The van der Waals surface area contributed by atoms with Crippen molar-refractivity contribution in [1.82, 2.24) is 15.1 Å². The number of nitrogens with one attached hydrogen (secondary N) is 1. The van der Waals surface area contributed by atoms with Crippen molar-refractivity contribution >= 4 is 17.4 Å². The highest BCUT2D eigenvalue weighted by molar-refractivity contribution is 6.33. The van der Waals surface area contributed by atoms with E-state index < -0.39 is 0 Å². The molecule has 0 saturated carbocycles. The molecule has 0 aromatic carbocycles. The summed E-state index contributed by atoms with van der Waals surface area (Å²) in [6.07, 6.45) is 4.53. The molecule has 1 fully saturated rings. The molecule has 2 heterocycles. The number of rotatable bonds is 5. The number of carbonyl (C=O) groups is 1. The van der Waals surface area contributed by atoms with E-state index in [0.717, 1.165) is 13.1 Å². The Morgan fingerprint density at radius 1 is 1.68 bits per heavy atom. The molecular formula is C14H22ClN3O. The first-order chi connectivity index (χ1) is 9.13. The summed E-state index contributed by atoms with van der Waals surface area (Å²) in [7, 11) is 0. The zero-order valence-electron chi connectivity index (χ0n) is 11.7. The van der Waals surface area contributed by atoms with E-state index in [9.17, 15) is 4.79 Å². The SMILES string of the molecule is CCn1ncc(Cl)c1C(=O)CC(C)C1CCCNC1. The highest BCUT2D eigenvalue weighted by Gasteiger charge is 2.25. The quantitative estimate of drug-likeness (QED) is 0.845. The van der Waals surface area contributed by atoms with E-state index in [-0.39, 0.29) is 5.78 Å². The molecule has 106 valence electrons. The standard InChI is InChI=1S/C14H22ClN3O/c1-3-18-14(12(15)9-17-18)13(19)7-10(2)11-5-4-6-16-8-11/h9-11,16H,3-8H2,1-2H3. The van der Waals surface area contributed by atoms with Gasteiger partial charge in [-0.1, -0.05) is 18.5 Å². The van der Waals surface area contributed by atoms with Gasteiger partial charge in [-0.2, -0.15) is 5.10 Å². The first-order valence-corrected chi connectivity index (χ1v) is 7.46. The van der Waals surface area contributed by atoms with Gasteiger partial charge >= 0.3 is 0 Å². The molecule has 1 aliphatic rings. The number of carbonyl (C=O) groups excluding carboxylic acids is 1. The summed E-state index contributed by atoms with van der Waals surface area (Å²) in [6, 6.07) is 0. The molecule has 0 spiro atoms. The van der Waals surface area contributed by atoms with Crippen LogP contribution in [0.25, 0.3) is 0 Å². The van der Waals surface area contributed by atoms with Crippen LogP contribution in [0.1, 0.15) is 43.6 Å². The monoisotopic (exact) mass is 283 g/mol. The van der Waals surface area contributed by atoms with Gasteiger partial charge in [-0.05, 0) is 44.7 Å². The Hall–Kier alpha value is -0.870. The van der Waals surface area contributed by atoms with Crippen LogP contribution >= 0.6 is 11.6 Å².